The zero-order valence-electron chi connectivity index (χ0n) is 4.13. The van der Waals surface area contributed by atoms with Gasteiger partial charge in [0.25, 0.3) is 0 Å². The highest BCUT2D eigenvalue weighted by molar-refractivity contribution is 5.53. The number of rotatable bonds is 3. The van der Waals surface area contributed by atoms with Gasteiger partial charge >= 0.3 is 0 Å². The van der Waals surface area contributed by atoms with Gasteiger partial charge in [-0.3, -0.25) is 10.2 Å². The maximum absolute atomic E-state index is 6.17. The molecule has 40 valence electrons. The van der Waals surface area contributed by atoms with Crippen LogP contribution in [-0.2, 0) is 0 Å². The van der Waals surface area contributed by atoms with Gasteiger partial charge in [0, 0.05) is 0 Å². The first-order valence-electron chi connectivity index (χ1n) is 1.89. The van der Waals surface area contributed by atoms with Gasteiger partial charge in [0.15, 0.2) is 0 Å². The van der Waals surface area contributed by atoms with Crippen LogP contribution >= 0.6 is 0 Å². The molecular weight excluding hydrogens is 92.1 g/mol. The molecular formula is C3H7N4-. The number of nitrogens with one attached hydrogen (secondary N) is 1. The summed E-state index contributed by atoms with van der Waals surface area (Å²) in [4.78, 5) is 3.66. The summed E-state index contributed by atoms with van der Waals surface area (Å²) in [6, 6.07) is 0. The summed E-state index contributed by atoms with van der Waals surface area (Å²) in [7, 11) is 0. The average molecular weight is 99.1 g/mol. The van der Waals surface area contributed by atoms with Crippen LogP contribution in [0.2, 0.25) is 0 Å². The van der Waals surface area contributed by atoms with Gasteiger partial charge in [0.2, 0.25) is 0 Å². The van der Waals surface area contributed by atoms with Gasteiger partial charge in [-0.05, 0) is 13.1 Å². The summed E-state index contributed by atoms with van der Waals surface area (Å²) in [5, 5.41) is 2.73. The zero-order valence-corrected chi connectivity index (χ0v) is 4.13. The lowest BCUT2D eigenvalue weighted by atomic mass is 10.9. The van der Waals surface area contributed by atoms with Crippen LogP contribution in [0, 0.1) is 5.53 Å². The van der Waals surface area contributed by atoms with Gasteiger partial charge in [0.05, 0.1) is 6.67 Å². The summed E-state index contributed by atoms with van der Waals surface area (Å²) in [5.74, 6) is 0. The largest absolute Gasteiger partial charge is 0.398 e. The fraction of sp³-hybridized carbons (Fsp3) is 0.667. The molecule has 0 bridgehead atoms. The minimum Gasteiger partial charge on any atom is -0.398 e. The first kappa shape index (κ1) is 6.07. The van der Waals surface area contributed by atoms with E-state index in [4.69, 9.17) is 5.53 Å². The van der Waals surface area contributed by atoms with E-state index in [9.17, 15) is 0 Å². The second-order valence-electron chi connectivity index (χ2n) is 0.824. The Hall–Kier alpha value is -0.930. The van der Waals surface area contributed by atoms with E-state index >= 15 is 0 Å². The van der Waals surface area contributed by atoms with Crippen molar-refractivity contribution >= 4 is 6.21 Å². The summed E-state index contributed by atoms with van der Waals surface area (Å²) < 4.78 is 0. The van der Waals surface area contributed by atoms with Gasteiger partial charge in [-0.1, -0.05) is 0 Å². The van der Waals surface area contributed by atoms with Gasteiger partial charge in [-0.15, -0.1) is 0 Å². The van der Waals surface area contributed by atoms with Crippen molar-refractivity contribution in [2.24, 2.45) is 10.2 Å². The summed E-state index contributed by atoms with van der Waals surface area (Å²) >= 11 is 0. The van der Waals surface area contributed by atoms with Crippen molar-refractivity contribution < 1.29 is 0 Å². The molecule has 4 nitrogen and oxygen atoms in total. The summed E-state index contributed by atoms with van der Waals surface area (Å²) in [6.45, 7) is 2.07. The maximum Gasteiger partial charge on any atom is 0.0582 e. The standard InChI is InChI=1S/C3H7N4/c1-2-5-3-6-7-4/h2H,3H2,1H3,(H-,4,6)/q-1. The Labute approximate surface area is 42.1 Å². The Kier molecular flexibility index (Phi) is 4.40. The zero-order chi connectivity index (χ0) is 5.54. The first-order valence-corrected chi connectivity index (χ1v) is 1.89. The molecule has 4 heteroatoms. The number of hydrogen-bond donors (Lipinski definition) is 1. The maximum atomic E-state index is 6.17. The SMILES string of the molecule is CC=NC[N-]N=N. The number of aliphatic imine (C=N–C) groups is 1. The molecule has 0 aliphatic carbocycles. The van der Waals surface area contributed by atoms with Gasteiger partial charge < -0.3 is 11.0 Å². The number of hydrogen-bond acceptors (Lipinski definition) is 3. The third kappa shape index (κ3) is 5.07. The molecule has 7 heavy (non-hydrogen) atoms. The molecule has 1 N–H and O–H groups in total. The fourth-order valence-corrected chi connectivity index (χ4v) is 0.150. The lowest BCUT2D eigenvalue weighted by Crippen LogP contribution is -1.70. The molecule has 0 aromatic carbocycles. The van der Waals surface area contributed by atoms with Crippen LogP contribution in [0.25, 0.3) is 5.43 Å². The molecule has 0 heterocycles. The molecule has 0 aliphatic rings. The summed E-state index contributed by atoms with van der Waals surface area (Å²) in [6.07, 6.45) is 1.62. The normalized spacial score (nSPS) is 9.29. The molecule has 0 aromatic heterocycles. The lowest BCUT2D eigenvalue weighted by Gasteiger charge is -1.93. The van der Waals surface area contributed by atoms with Crippen LogP contribution in [0.15, 0.2) is 10.2 Å². The molecule has 0 unspecified atom stereocenters. The van der Waals surface area contributed by atoms with E-state index in [0.717, 1.165) is 0 Å². The molecule has 0 saturated heterocycles. The molecule has 0 rings (SSSR count). The molecule has 0 amide bonds. The van der Waals surface area contributed by atoms with Crippen LogP contribution in [-0.4, -0.2) is 12.9 Å². The Morgan fingerprint density at radius 3 is 3.00 bits per heavy atom. The Morgan fingerprint density at radius 2 is 2.57 bits per heavy atom. The molecule has 0 atom stereocenters. The predicted molar refractivity (Wildman–Crippen MR) is 27.5 cm³/mol. The van der Waals surface area contributed by atoms with Crippen LogP contribution in [0.4, 0.5) is 0 Å². The molecule has 0 spiro atoms. The van der Waals surface area contributed by atoms with E-state index in [1.807, 2.05) is 0 Å². The minimum absolute atomic E-state index is 0.278. The second-order valence-corrected chi connectivity index (χ2v) is 0.824. The smallest absolute Gasteiger partial charge is 0.0582 e. The topological polar surface area (TPSA) is 62.7 Å². The van der Waals surface area contributed by atoms with Crippen molar-refractivity contribution in [3.8, 4) is 0 Å². The first-order chi connectivity index (χ1) is 3.41. The van der Waals surface area contributed by atoms with E-state index in [1.54, 1.807) is 13.1 Å². The molecule has 0 saturated carbocycles. The van der Waals surface area contributed by atoms with Crippen molar-refractivity contribution in [3.05, 3.63) is 5.43 Å². The number of nitrogens with zero attached hydrogens (tertiary/aromatic N) is 3. The third-order valence-corrected chi connectivity index (χ3v) is 0.398. The van der Waals surface area contributed by atoms with Gasteiger partial charge in [-0.2, -0.15) is 0 Å². The van der Waals surface area contributed by atoms with Crippen LogP contribution < -0.4 is 0 Å². The molecule has 0 fully saturated rings. The van der Waals surface area contributed by atoms with Crippen molar-refractivity contribution in [3.63, 3.8) is 0 Å². The highest BCUT2D eigenvalue weighted by Gasteiger charge is 1.57. The van der Waals surface area contributed by atoms with Gasteiger partial charge in [0.1, 0.15) is 0 Å². The van der Waals surface area contributed by atoms with Crippen molar-refractivity contribution in [1.82, 2.24) is 0 Å². The Bertz CT molecular complexity index is 67.3. The van der Waals surface area contributed by atoms with E-state index < -0.39 is 0 Å². The average Bonchev–Trinajstić information content (AvgIpc) is 1.69. The van der Waals surface area contributed by atoms with E-state index in [0.29, 0.717) is 0 Å². The van der Waals surface area contributed by atoms with E-state index in [2.05, 4.69) is 15.6 Å². The molecule has 0 aromatic rings. The second kappa shape index (κ2) is 5.07. The van der Waals surface area contributed by atoms with Gasteiger partial charge in [-0.25, -0.2) is 0 Å². The monoisotopic (exact) mass is 99.1 g/mol. The Balaban J connectivity index is 2.82. The van der Waals surface area contributed by atoms with Crippen molar-refractivity contribution in [2.75, 3.05) is 6.67 Å². The Morgan fingerprint density at radius 1 is 1.86 bits per heavy atom. The van der Waals surface area contributed by atoms with Crippen LogP contribution in [0.1, 0.15) is 6.92 Å². The fourth-order valence-electron chi connectivity index (χ4n) is 0.150. The minimum atomic E-state index is 0.278. The van der Waals surface area contributed by atoms with E-state index in [1.165, 1.54) is 0 Å². The van der Waals surface area contributed by atoms with Crippen LogP contribution in [0.5, 0.6) is 0 Å². The molecule has 0 aliphatic heterocycles. The highest BCUT2D eigenvalue weighted by atomic mass is 15.4. The highest BCUT2D eigenvalue weighted by Crippen LogP contribution is 1.83. The van der Waals surface area contributed by atoms with Crippen molar-refractivity contribution in [2.45, 2.75) is 6.92 Å². The predicted octanol–water partition coefficient (Wildman–Crippen LogP) is 1.35. The lowest BCUT2D eigenvalue weighted by molar-refractivity contribution is 1.01. The molecule has 0 radical (unpaired) electrons. The van der Waals surface area contributed by atoms with Crippen LogP contribution in [0.3, 0.4) is 0 Å². The summed E-state index contributed by atoms with van der Waals surface area (Å²) in [5.41, 5.74) is 9.42. The third-order valence-electron chi connectivity index (χ3n) is 0.398. The van der Waals surface area contributed by atoms with Crippen molar-refractivity contribution in [1.29, 1.82) is 5.53 Å². The van der Waals surface area contributed by atoms with E-state index in [-0.39, 0.29) is 6.67 Å². The quantitative estimate of drug-likeness (QED) is 0.240.